The van der Waals surface area contributed by atoms with Crippen molar-refractivity contribution >= 4 is 15.9 Å². The Bertz CT molecular complexity index is 540. The van der Waals surface area contributed by atoms with Crippen LogP contribution in [0, 0.1) is 0 Å². The molecule has 0 heterocycles. The minimum Gasteiger partial charge on any atom is -0.358 e. The second-order valence-electron chi connectivity index (χ2n) is 4.29. The van der Waals surface area contributed by atoms with Crippen molar-refractivity contribution in [2.45, 2.75) is 18.2 Å². The van der Waals surface area contributed by atoms with Gasteiger partial charge in [0.15, 0.2) is 0 Å². The van der Waals surface area contributed by atoms with Crippen molar-refractivity contribution in [3.05, 3.63) is 29.8 Å². The summed E-state index contributed by atoms with van der Waals surface area (Å²) in [6, 6.07) is 6.58. The van der Waals surface area contributed by atoms with Gasteiger partial charge in [0.05, 0.1) is 11.4 Å². The molecule has 7 heteroatoms. The highest BCUT2D eigenvalue weighted by atomic mass is 32.2. The van der Waals surface area contributed by atoms with Crippen molar-refractivity contribution in [1.82, 2.24) is 9.62 Å². The number of nitrogens with one attached hydrogen (secondary N) is 1. The van der Waals surface area contributed by atoms with Crippen molar-refractivity contribution < 1.29 is 13.2 Å². The van der Waals surface area contributed by atoms with Crippen LogP contribution in [0.2, 0.25) is 0 Å². The van der Waals surface area contributed by atoms with Crippen LogP contribution in [0.4, 0.5) is 0 Å². The molecule has 0 fully saturated rings. The lowest BCUT2D eigenvalue weighted by Crippen LogP contribution is -2.39. The summed E-state index contributed by atoms with van der Waals surface area (Å²) in [7, 11) is -2.17. The largest absolute Gasteiger partial charge is 0.358 e. The SMILES string of the molecule is CCN(CC(=O)NC)S(=O)(=O)c1ccc(CCN)cc1. The van der Waals surface area contributed by atoms with Gasteiger partial charge in [-0.3, -0.25) is 4.79 Å². The molecule has 0 radical (unpaired) electrons. The van der Waals surface area contributed by atoms with Gasteiger partial charge in [-0.05, 0) is 30.7 Å². The van der Waals surface area contributed by atoms with Gasteiger partial charge in [0.2, 0.25) is 15.9 Å². The third kappa shape index (κ3) is 4.03. The molecule has 0 saturated heterocycles. The molecule has 0 spiro atoms. The minimum absolute atomic E-state index is 0.181. The average molecular weight is 299 g/mol. The molecule has 0 aliphatic rings. The third-order valence-electron chi connectivity index (χ3n) is 2.95. The smallest absolute Gasteiger partial charge is 0.243 e. The number of nitrogens with zero attached hydrogens (tertiary/aromatic N) is 1. The van der Waals surface area contributed by atoms with Gasteiger partial charge in [-0.25, -0.2) is 8.42 Å². The number of carbonyl (C=O) groups is 1. The van der Waals surface area contributed by atoms with Gasteiger partial charge in [-0.1, -0.05) is 19.1 Å². The van der Waals surface area contributed by atoms with Crippen molar-refractivity contribution in [2.75, 3.05) is 26.7 Å². The fourth-order valence-electron chi connectivity index (χ4n) is 1.75. The Labute approximate surface area is 120 Å². The predicted molar refractivity (Wildman–Crippen MR) is 77.7 cm³/mol. The van der Waals surface area contributed by atoms with E-state index in [1.807, 2.05) is 0 Å². The van der Waals surface area contributed by atoms with Gasteiger partial charge >= 0.3 is 0 Å². The first-order valence-corrected chi connectivity index (χ1v) is 7.89. The van der Waals surface area contributed by atoms with Gasteiger partial charge in [-0.2, -0.15) is 4.31 Å². The van der Waals surface area contributed by atoms with E-state index in [2.05, 4.69) is 5.32 Å². The summed E-state index contributed by atoms with van der Waals surface area (Å²) in [5.41, 5.74) is 6.44. The average Bonchev–Trinajstić information content (AvgIpc) is 2.45. The molecule has 1 amide bonds. The Morgan fingerprint density at radius 2 is 1.90 bits per heavy atom. The second kappa shape index (κ2) is 7.37. The van der Waals surface area contributed by atoms with E-state index in [0.717, 1.165) is 9.87 Å². The van der Waals surface area contributed by atoms with E-state index < -0.39 is 10.0 Å². The van der Waals surface area contributed by atoms with Crippen LogP contribution < -0.4 is 11.1 Å². The molecule has 0 aliphatic carbocycles. The summed E-state index contributed by atoms with van der Waals surface area (Å²) in [5.74, 6) is -0.338. The summed E-state index contributed by atoms with van der Waals surface area (Å²) in [6.07, 6.45) is 0.704. The van der Waals surface area contributed by atoms with Crippen molar-refractivity contribution in [3.8, 4) is 0 Å². The Morgan fingerprint density at radius 3 is 2.35 bits per heavy atom. The molecule has 1 aromatic carbocycles. The fraction of sp³-hybridized carbons (Fsp3) is 0.462. The first-order valence-electron chi connectivity index (χ1n) is 6.45. The number of rotatable bonds is 7. The number of amides is 1. The molecule has 3 N–H and O–H groups in total. The van der Waals surface area contributed by atoms with Crippen LogP contribution in [-0.4, -0.2) is 45.3 Å². The zero-order chi connectivity index (χ0) is 15.2. The van der Waals surface area contributed by atoms with Crippen LogP contribution in [0.25, 0.3) is 0 Å². The minimum atomic E-state index is -3.65. The Hall–Kier alpha value is -1.44. The fourth-order valence-corrected chi connectivity index (χ4v) is 3.16. The van der Waals surface area contributed by atoms with E-state index in [1.54, 1.807) is 31.2 Å². The monoisotopic (exact) mass is 299 g/mol. The number of hydrogen-bond donors (Lipinski definition) is 2. The molecule has 6 nitrogen and oxygen atoms in total. The molecule has 112 valence electrons. The van der Waals surface area contributed by atoms with Gasteiger partial charge in [0, 0.05) is 13.6 Å². The zero-order valence-electron chi connectivity index (χ0n) is 11.8. The highest BCUT2D eigenvalue weighted by Crippen LogP contribution is 2.16. The second-order valence-corrected chi connectivity index (χ2v) is 6.22. The topological polar surface area (TPSA) is 92.5 Å². The molecule has 0 bridgehead atoms. The van der Waals surface area contributed by atoms with Crippen LogP contribution in [0.15, 0.2) is 29.2 Å². The molecule has 0 aliphatic heterocycles. The van der Waals surface area contributed by atoms with Gasteiger partial charge < -0.3 is 11.1 Å². The quantitative estimate of drug-likeness (QED) is 0.738. The lowest BCUT2D eigenvalue weighted by atomic mass is 10.2. The highest BCUT2D eigenvalue weighted by Gasteiger charge is 2.24. The number of benzene rings is 1. The van der Waals surface area contributed by atoms with Crippen LogP contribution in [-0.2, 0) is 21.2 Å². The number of nitrogens with two attached hydrogens (primary N) is 1. The molecule has 1 aromatic rings. The predicted octanol–water partition coefficient (Wildman–Crippen LogP) is -0.0556. The van der Waals surface area contributed by atoms with Gasteiger partial charge in [-0.15, -0.1) is 0 Å². The lowest BCUT2D eigenvalue weighted by Gasteiger charge is -2.19. The van der Waals surface area contributed by atoms with Gasteiger partial charge in [0.25, 0.3) is 0 Å². The van der Waals surface area contributed by atoms with Crippen LogP contribution in [0.3, 0.4) is 0 Å². The maximum absolute atomic E-state index is 12.4. The Kier molecular flexibility index (Phi) is 6.12. The lowest BCUT2D eigenvalue weighted by molar-refractivity contribution is -0.120. The van der Waals surface area contributed by atoms with Crippen LogP contribution in [0.1, 0.15) is 12.5 Å². The molecule has 20 heavy (non-hydrogen) atoms. The summed E-state index contributed by atoms with van der Waals surface area (Å²) >= 11 is 0. The Balaban J connectivity index is 2.98. The molecule has 0 aromatic heterocycles. The molecule has 0 saturated carbocycles. The van der Waals surface area contributed by atoms with E-state index in [0.29, 0.717) is 13.0 Å². The molecular formula is C13H21N3O3S. The molecule has 1 rings (SSSR count). The molecule has 0 atom stereocenters. The maximum atomic E-state index is 12.4. The third-order valence-corrected chi connectivity index (χ3v) is 4.88. The molecular weight excluding hydrogens is 278 g/mol. The number of hydrogen-bond acceptors (Lipinski definition) is 4. The standard InChI is InChI=1S/C13H21N3O3S/c1-3-16(10-13(17)15-2)20(18,19)12-6-4-11(5-7-12)8-9-14/h4-7H,3,8-10,14H2,1-2H3,(H,15,17). The van der Waals surface area contributed by atoms with E-state index in [1.165, 1.54) is 7.05 Å². The number of likely N-dealkylation sites (N-methyl/N-ethyl adjacent to an activating group) is 2. The Morgan fingerprint density at radius 1 is 1.30 bits per heavy atom. The maximum Gasteiger partial charge on any atom is 0.243 e. The normalized spacial score (nSPS) is 11.6. The van der Waals surface area contributed by atoms with Crippen LogP contribution >= 0.6 is 0 Å². The van der Waals surface area contributed by atoms with Gasteiger partial charge in [0.1, 0.15) is 0 Å². The van der Waals surface area contributed by atoms with Crippen molar-refractivity contribution in [3.63, 3.8) is 0 Å². The zero-order valence-corrected chi connectivity index (χ0v) is 12.6. The number of carbonyl (C=O) groups excluding carboxylic acids is 1. The highest BCUT2D eigenvalue weighted by molar-refractivity contribution is 7.89. The molecule has 0 unspecified atom stereocenters. The van der Waals surface area contributed by atoms with Crippen LogP contribution in [0.5, 0.6) is 0 Å². The summed E-state index contributed by atoms with van der Waals surface area (Å²) < 4.78 is 26.0. The van der Waals surface area contributed by atoms with E-state index in [-0.39, 0.29) is 23.9 Å². The van der Waals surface area contributed by atoms with E-state index >= 15 is 0 Å². The summed E-state index contributed by atoms with van der Waals surface area (Å²) in [5, 5.41) is 2.42. The first kappa shape index (κ1) is 16.6. The van der Waals surface area contributed by atoms with E-state index in [9.17, 15) is 13.2 Å². The summed E-state index contributed by atoms with van der Waals surface area (Å²) in [6.45, 7) is 2.27. The van der Waals surface area contributed by atoms with E-state index in [4.69, 9.17) is 5.73 Å². The summed E-state index contributed by atoms with van der Waals surface area (Å²) in [4.78, 5) is 11.6. The van der Waals surface area contributed by atoms with Crippen molar-refractivity contribution in [1.29, 1.82) is 0 Å². The van der Waals surface area contributed by atoms with Crippen molar-refractivity contribution in [2.24, 2.45) is 5.73 Å². The number of sulfonamides is 1. The first-order chi connectivity index (χ1) is 9.45.